The summed E-state index contributed by atoms with van der Waals surface area (Å²) in [5.41, 5.74) is 7.75. The minimum absolute atomic E-state index is 0.160. The maximum Gasteiger partial charge on any atom is 0.352 e. The van der Waals surface area contributed by atoms with Crippen LogP contribution in [0.25, 0.3) is 11.3 Å². The molecule has 3 rings (SSSR count). The number of anilines is 1. The molecule has 1 unspecified atom stereocenters. The van der Waals surface area contributed by atoms with E-state index in [4.69, 9.17) is 10.5 Å². The third-order valence-electron chi connectivity index (χ3n) is 4.01. The van der Waals surface area contributed by atoms with E-state index < -0.39 is 12.1 Å². The first-order valence-electron chi connectivity index (χ1n) is 7.88. The highest BCUT2D eigenvalue weighted by Crippen LogP contribution is 2.31. The topological polar surface area (TPSA) is 85.5 Å². The summed E-state index contributed by atoms with van der Waals surface area (Å²) in [6.45, 7) is 3.04. The zero-order valence-corrected chi connectivity index (χ0v) is 14.2. The van der Waals surface area contributed by atoms with Crippen molar-refractivity contribution in [2.45, 2.75) is 25.9 Å². The molecule has 2 aromatic rings. The average Bonchev–Trinajstić information content (AvgIpc) is 3.24. The quantitative estimate of drug-likeness (QED) is 0.861. The van der Waals surface area contributed by atoms with Crippen LogP contribution in [0.5, 0.6) is 0 Å². The Morgan fingerprint density at radius 3 is 2.58 bits per heavy atom. The number of aromatic nitrogens is 1. The van der Waals surface area contributed by atoms with Crippen LogP contribution < -0.4 is 5.73 Å². The fourth-order valence-electron chi connectivity index (χ4n) is 2.71. The van der Waals surface area contributed by atoms with Crippen LogP contribution >= 0.6 is 11.5 Å². The molecule has 0 saturated carbocycles. The van der Waals surface area contributed by atoms with Gasteiger partial charge in [0.05, 0.1) is 5.69 Å². The maximum atomic E-state index is 12.3. The second kappa shape index (κ2) is 7.00. The lowest BCUT2D eigenvalue weighted by molar-refractivity contribution is -0.138. The predicted octanol–water partition coefficient (Wildman–Crippen LogP) is 2.56. The van der Waals surface area contributed by atoms with Gasteiger partial charge in [-0.05, 0) is 31.3 Å². The standard InChI is InChI=1S/C17H19N3O3S/c1-11(16(21)20-9-5-6-10-20)23-17(22)15-13(18)14(19-24-15)12-7-3-2-4-8-12/h2-4,7-8,11H,5-6,9-10,18H2,1H3. The number of benzene rings is 1. The van der Waals surface area contributed by atoms with Gasteiger partial charge in [0, 0.05) is 18.7 Å². The number of carbonyl (C=O) groups excluding carboxylic acids is 2. The molecule has 2 heterocycles. The van der Waals surface area contributed by atoms with E-state index in [9.17, 15) is 9.59 Å². The Balaban J connectivity index is 1.71. The normalized spacial score (nSPS) is 15.3. The molecule has 1 saturated heterocycles. The molecule has 0 bridgehead atoms. The number of carbonyl (C=O) groups is 2. The van der Waals surface area contributed by atoms with E-state index in [0.29, 0.717) is 5.69 Å². The van der Waals surface area contributed by atoms with E-state index in [1.165, 1.54) is 0 Å². The van der Waals surface area contributed by atoms with E-state index in [0.717, 1.165) is 43.0 Å². The Morgan fingerprint density at radius 2 is 1.92 bits per heavy atom. The van der Waals surface area contributed by atoms with Crippen LogP contribution in [0.15, 0.2) is 30.3 Å². The van der Waals surface area contributed by atoms with Gasteiger partial charge in [-0.25, -0.2) is 4.79 Å². The van der Waals surface area contributed by atoms with Crippen molar-refractivity contribution in [3.05, 3.63) is 35.2 Å². The first-order valence-corrected chi connectivity index (χ1v) is 8.65. The molecule has 0 radical (unpaired) electrons. The minimum Gasteiger partial charge on any atom is -0.448 e. The molecule has 1 atom stereocenters. The fraction of sp³-hybridized carbons (Fsp3) is 0.353. The smallest absolute Gasteiger partial charge is 0.352 e. The molecule has 126 valence electrons. The molecular formula is C17H19N3O3S. The lowest BCUT2D eigenvalue weighted by Crippen LogP contribution is -2.38. The zero-order chi connectivity index (χ0) is 17.1. The lowest BCUT2D eigenvalue weighted by atomic mass is 10.1. The van der Waals surface area contributed by atoms with Gasteiger partial charge in [0.1, 0.15) is 5.69 Å². The Bertz CT molecular complexity index is 739. The van der Waals surface area contributed by atoms with Crippen LogP contribution in [-0.4, -0.2) is 40.3 Å². The molecule has 24 heavy (non-hydrogen) atoms. The summed E-state index contributed by atoms with van der Waals surface area (Å²) in [6, 6.07) is 9.40. The van der Waals surface area contributed by atoms with Crippen LogP contribution in [0.1, 0.15) is 29.4 Å². The SMILES string of the molecule is CC(OC(=O)c1snc(-c2ccccc2)c1N)C(=O)N1CCCC1. The summed E-state index contributed by atoms with van der Waals surface area (Å²) in [6.07, 6.45) is 1.17. The number of nitrogen functional groups attached to an aromatic ring is 1. The van der Waals surface area contributed by atoms with Crippen LogP contribution in [-0.2, 0) is 9.53 Å². The third-order valence-corrected chi connectivity index (χ3v) is 4.85. The second-order valence-corrected chi connectivity index (χ2v) is 6.49. The van der Waals surface area contributed by atoms with Gasteiger partial charge in [0.25, 0.3) is 5.91 Å². The lowest BCUT2D eigenvalue weighted by Gasteiger charge is -2.20. The second-order valence-electron chi connectivity index (χ2n) is 5.72. The number of amides is 1. The number of nitrogens with zero attached hydrogens (tertiary/aromatic N) is 2. The van der Waals surface area contributed by atoms with Crippen LogP contribution in [0.2, 0.25) is 0 Å². The van der Waals surface area contributed by atoms with Gasteiger partial charge in [-0.1, -0.05) is 30.3 Å². The number of rotatable bonds is 4. The van der Waals surface area contributed by atoms with Gasteiger partial charge in [-0.15, -0.1) is 0 Å². The highest BCUT2D eigenvalue weighted by Gasteiger charge is 2.28. The number of nitrogens with two attached hydrogens (primary N) is 1. The molecule has 1 aliphatic rings. The average molecular weight is 345 g/mol. The van der Waals surface area contributed by atoms with Gasteiger partial charge in [0.15, 0.2) is 11.0 Å². The van der Waals surface area contributed by atoms with Gasteiger partial charge in [-0.2, -0.15) is 4.37 Å². The number of likely N-dealkylation sites (tertiary alicyclic amines) is 1. The maximum absolute atomic E-state index is 12.3. The van der Waals surface area contributed by atoms with Crippen molar-refractivity contribution >= 4 is 29.1 Å². The van der Waals surface area contributed by atoms with Crippen LogP contribution in [0.4, 0.5) is 5.69 Å². The predicted molar refractivity (Wildman–Crippen MR) is 92.7 cm³/mol. The largest absolute Gasteiger partial charge is 0.448 e. The summed E-state index contributed by atoms with van der Waals surface area (Å²) in [7, 11) is 0. The number of ether oxygens (including phenoxy) is 1. The zero-order valence-electron chi connectivity index (χ0n) is 13.4. The van der Waals surface area contributed by atoms with Crippen LogP contribution in [0.3, 0.4) is 0 Å². The summed E-state index contributed by atoms with van der Waals surface area (Å²) >= 11 is 0.991. The molecule has 1 aromatic carbocycles. The molecule has 6 nitrogen and oxygen atoms in total. The van der Waals surface area contributed by atoms with Crippen molar-refractivity contribution in [3.63, 3.8) is 0 Å². The third kappa shape index (κ3) is 3.26. The van der Waals surface area contributed by atoms with E-state index >= 15 is 0 Å². The monoisotopic (exact) mass is 345 g/mol. The molecule has 1 fully saturated rings. The Labute approximate surface area is 144 Å². The molecular weight excluding hydrogens is 326 g/mol. The number of esters is 1. The Morgan fingerprint density at radius 1 is 1.25 bits per heavy atom. The molecule has 0 aliphatic carbocycles. The molecule has 0 spiro atoms. The Hall–Kier alpha value is -2.41. The highest BCUT2D eigenvalue weighted by atomic mass is 32.1. The van der Waals surface area contributed by atoms with E-state index in [-0.39, 0.29) is 16.5 Å². The fourth-order valence-corrected chi connectivity index (χ4v) is 3.41. The van der Waals surface area contributed by atoms with Crippen molar-refractivity contribution in [3.8, 4) is 11.3 Å². The van der Waals surface area contributed by atoms with Crippen LogP contribution in [0, 0.1) is 0 Å². The van der Waals surface area contributed by atoms with Crippen molar-refractivity contribution in [1.82, 2.24) is 9.27 Å². The highest BCUT2D eigenvalue weighted by molar-refractivity contribution is 7.09. The summed E-state index contributed by atoms with van der Waals surface area (Å²) in [4.78, 5) is 26.5. The van der Waals surface area contributed by atoms with Gasteiger partial charge >= 0.3 is 5.97 Å². The van der Waals surface area contributed by atoms with Gasteiger partial charge in [-0.3, -0.25) is 4.79 Å². The molecule has 2 N–H and O–H groups in total. The first-order chi connectivity index (χ1) is 11.6. The summed E-state index contributed by atoms with van der Waals surface area (Å²) in [5.74, 6) is -0.764. The van der Waals surface area contributed by atoms with Gasteiger partial charge in [0.2, 0.25) is 0 Å². The summed E-state index contributed by atoms with van der Waals surface area (Å²) < 4.78 is 9.56. The van der Waals surface area contributed by atoms with E-state index in [2.05, 4.69) is 4.37 Å². The van der Waals surface area contributed by atoms with Crippen molar-refractivity contribution in [2.75, 3.05) is 18.8 Å². The Kier molecular flexibility index (Phi) is 4.80. The van der Waals surface area contributed by atoms with E-state index in [1.54, 1.807) is 11.8 Å². The molecule has 1 amide bonds. The van der Waals surface area contributed by atoms with Crippen molar-refractivity contribution in [2.24, 2.45) is 0 Å². The first kappa shape index (κ1) is 16.4. The minimum atomic E-state index is -0.822. The van der Waals surface area contributed by atoms with Crippen molar-refractivity contribution in [1.29, 1.82) is 0 Å². The number of hydrogen-bond acceptors (Lipinski definition) is 6. The number of hydrogen-bond donors (Lipinski definition) is 1. The molecule has 1 aromatic heterocycles. The molecule has 7 heteroatoms. The van der Waals surface area contributed by atoms with Gasteiger partial charge < -0.3 is 15.4 Å². The molecule has 1 aliphatic heterocycles. The van der Waals surface area contributed by atoms with E-state index in [1.807, 2.05) is 30.3 Å². The summed E-state index contributed by atoms with van der Waals surface area (Å²) in [5, 5.41) is 0. The van der Waals surface area contributed by atoms with Crippen molar-refractivity contribution < 1.29 is 14.3 Å².